The number of carbonyl (C=O) groups excluding carboxylic acids is 2. The lowest BCUT2D eigenvalue weighted by Crippen LogP contribution is -2.37. The second-order valence-electron chi connectivity index (χ2n) is 4.67. The van der Waals surface area contributed by atoms with Crippen molar-refractivity contribution in [1.29, 1.82) is 0 Å². The molecule has 2 N–H and O–H groups in total. The lowest BCUT2D eigenvalue weighted by Gasteiger charge is -2.15. The van der Waals surface area contributed by atoms with Crippen LogP contribution in [0.2, 0.25) is 0 Å². The molecule has 0 radical (unpaired) electrons. The van der Waals surface area contributed by atoms with Crippen molar-refractivity contribution in [2.75, 3.05) is 18.5 Å². The Bertz CT molecular complexity index is 530. The van der Waals surface area contributed by atoms with Crippen molar-refractivity contribution in [2.45, 2.75) is 32.7 Å². The van der Waals surface area contributed by atoms with Gasteiger partial charge in [0.05, 0.1) is 18.9 Å². The molecule has 1 saturated heterocycles. The summed E-state index contributed by atoms with van der Waals surface area (Å²) in [6.45, 7) is 4.80. The van der Waals surface area contributed by atoms with Crippen LogP contribution in [0.3, 0.4) is 0 Å². The maximum absolute atomic E-state index is 12.2. The van der Waals surface area contributed by atoms with Crippen LogP contribution < -0.4 is 20.1 Å². The summed E-state index contributed by atoms with van der Waals surface area (Å²) in [5.74, 6) is 0.907. The number of ether oxygens (including phenoxy) is 2. The lowest BCUT2D eigenvalue weighted by atomic mass is 10.2. The molecule has 1 atom stereocenters. The number of carbonyl (C=O) groups is 2. The highest BCUT2D eigenvalue weighted by Crippen LogP contribution is 2.29. The van der Waals surface area contributed by atoms with Gasteiger partial charge in [-0.1, -0.05) is 0 Å². The Morgan fingerprint density at radius 2 is 2.10 bits per heavy atom. The molecule has 114 valence electrons. The molecule has 0 spiro atoms. The molecule has 21 heavy (non-hydrogen) atoms. The molecule has 0 aromatic heterocycles. The van der Waals surface area contributed by atoms with Crippen LogP contribution >= 0.6 is 0 Å². The van der Waals surface area contributed by atoms with Gasteiger partial charge in [-0.3, -0.25) is 9.59 Å². The molecule has 2 amide bonds. The minimum Gasteiger partial charge on any atom is -0.494 e. The normalized spacial score (nSPS) is 17.2. The Morgan fingerprint density at radius 3 is 2.71 bits per heavy atom. The van der Waals surface area contributed by atoms with Gasteiger partial charge in [0.2, 0.25) is 11.8 Å². The minimum atomic E-state index is -0.484. The zero-order valence-electron chi connectivity index (χ0n) is 12.3. The third kappa shape index (κ3) is 3.87. The van der Waals surface area contributed by atoms with Crippen molar-refractivity contribution < 1.29 is 19.1 Å². The Morgan fingerprint density at radius 1 is 1.33 bits per heavy atom. The molecule has 1 aliphatic rings. The maximum atomic E-state index is 12.2. The number of rotatable bonds is 6. The summed E-state index contributed by atoms with van der Waals surface area (Å²) in [7, 11) is 0. The van der Waals surface area contributed by atoms with Gasteiger partial charge in [-0.2, -0.15) is 0 Å². The van der Waals surface area contributed by atoms with Gasteiger partial charge >= 0.3 is 0 Å². The third-order valence-electron chi connectivity index (χ3n) is 3.13. The zero-order chi connectivity index (χ0) is 15.2. The second-order valence-corrected chi connectivity index (χ2v) is 4.67. The predicted octanol–water partition coefficient (Wildman–Crippen LogP) is 1.70. The summed E-state index contributed by atoms with van der Waals surface area (Å²) in [6, 6.07) is 4.80. The average molecular weight is 292 g/mol. The van der Waals surface area contributed by atoms with Crippen LogP contribution in [0.5, 0.6) is 11.5 Å². The van der Waals surface area contributed by atoms with Gasteiger partial charge in [-0.25, -0.2) is 0 Å². The molecule has 6 heteroatoms. The molecular formula is C15H20N2O4. The number of anilines is 1. The molecule has 1 fully saturated rings. The van der Waals surface area contributed by atoms with E-state index in [4.69, 9.17) is 9.47 Å². The smallest absolute Gasteiger partial charge is 0.247 e. The SMILES string of the molecule is CCOc1ccc(OCC)c(NC(=O)C2CCC(=O)N2)c1. The van der Waals surface area contributed by atoms with E-state index >= 15 is 0 Å². The first kappa shape index (κ1) is 15.2. The van der Waals surface area contributed by atoms with Crippen molar-refractivity contribution in [3.63, 3.8) is 0 Å². The molecule has 6 nitrogen and oxygen atoms in total. The largest absolute Gasteiger partial charge is 0.494 e. The van der Waals surface area contributed by atoms with E-state index in [1.54, 1.807) is 18.2 Å². The molecule has 2 rings (SSSR count). The minimum absolute atomic E-state index is 0.0942. The predicted molar refractivity (Wildman–Crippen MR) is 78.6 cm³/mol. The number of nitrogens with one attached hydrogen (secondary N) is 2. The first-order valence-electron chi connectivity index (χ1n) is 7.14. The van der Waals surface area contributed by atoms with Gasteiger partial charge in [0, 0.05) is 12.5 Å². The van der Waals surface area contributed by atoms with Crippen LogP contribution in [0.15, 0.2) is 18.2 Å². The number of hydrogen-bond donors (Lipinski definition) is 2. The highest BCUT2D eigenvalue weighted by molar-refractivity contribution is 6.00. The molecule has 0 bridgehead atoms. The van der Waals surface area contributed by atoms with Crippen LogP contribution in [0.25, 0.3) is 0 Å². The Kier molecular flexibility index (Phi) is 5.03. The third-order valence-corrected chi connectivity index (χ3v) is 3.13. The van der Waals surface area contributed by atoms with E-state index in [1.165, 1.54) is 0 Å². The monoisotopic (exact) mass is 292 g/mol. The highest BCUT2D eigenvalue weighted by Gasteiger charge is 2.27. The molecular weight excluding hydrogens is 272 g/mol. The molecule has 0 aliphatic carbocycles. The molecule has 1 aromatic rings. The van der Waals surface area contributed by atoms with E-state index in [0.717, 1.165) is 0 Å². The van der Waals surface area contributed by atoms with Crippen LogP contribution in [0.4, 0.5) is 5.69 Å². The molecule has 1 aliphatic heterocycles. The topological polar surface area (TPSA) is 76.7 Å². The van der Waals surface area contributed by atoms with Gasteiger partial charge < -0.3 is 20.1 Å². The van der Waals surface area contributed by atoms with E-state index in [1.807, 2.05) is 13.8 Å². The van der Waals surface area contributed by atoms with Crippen molar-refractivity contribution in [3.8, 4) is 11.5 Å². The fourth-order valence-electron chi connectivity index (χ4n) is 2.18. The van der Waals surface area contributed by atoms with Crippen LogP contribution in [-0.2, 0) is 9.59 Å². The fraction of sp³-hybridized carbons (Fsp3) is 0.467. The molecule has 0 saturated carbocycles. The average Bonchev–Trinajstić information content (AvgIpc) is 2.89. The van der Waals surface area contributed by atoms with Crippen molar-refractivity contribution in [3.05, 3.63) is 18.2 Å². The fourth-order valence-corrected chi connectivity index (χ4v) is 2.18. The Balaban J connectivity index is 2.13. The maximum Gasteiger partial charge on any atom is 0.247 e. The second kappa shape index (κ2) is 6.97. The van der Waals surface area contributed by atoms with Gasteiger partial charge in [-0.15, -0.1) is 0 Å². The van der Waals surface area contributed by atoms with E-state index in [0.29, 0.717) is 43.2 Å². The van der Waals surface area contributed by atoms with Gasteiger partial charge in [0.1, 0.15) is 17.5 Å². The first-order valence-corrected chi connectivity index (χ1v) is 7.14. The first-order chi connectivity index (χ1) is 10.1. The van der Waals surface area contributed by atoms with Crippen LogP contribution in [0.1, 0.15) is 26.7 Å². The highest BCUT2D eigenvalue weighted by atomic mass is 16.5. The van der Waals surface area contributed by atoms with Crippen molar-refractivity contribution in [1.82, 2.24) is 5.32 Å². The number of hydrogen-bond acceptors (Lipinski definition) is 4. The quantitative estimate of drug-likeness (QED) is 0.836. The molecule has 1 aromatic carbocycles. The summed E-state index contributed by atoms with van der Waals surface area (Å²) < 4.78 is 10.9. The van der Waals surface area contributed by atoms with E-state index in [-0.39, 0.29) is 11.8 Å². The molecule has 1 heterocycles. The number of amides is 2. The van der Waals surface area contributed by atoms with Gasteiger partial charge in [-0.05, 0) is 32.4 Å². The Hall–Kier alpha value is -2.24. The summed E-state index contributed by atoms with van der Waals surface area (Å²) in [4.78, 5) is 23.3. The summed E-state index contributed by atoms with van der Waals surface area (Å²) in [6.07, 6.45) is 0.898. The zero-order valence-corrected chi connectivity index (χ0v) is 12.3. The van der Waals surface area contributed by atoms with Gasteiger partial charge in [0.25, 0.3) is 0 Å². The lowest BCUT2D eigenvalue weighted by molar-refractivity contribution is -0.122. The van der Waals surface area contributed by atoms with Crippen LogP contribution in [-0.4, -0.2) is 31.1 Å². The van der Waals surface area contributed by atoms with Crippen molar-refractivity contribution >= 4 is 17.5 Å². The van der Waals surface area contributed by atoms with Gasteiger partial charge in [0.15, 0.2) is 0 Å². The van der Waals surface area contributed by atoms with Crippen LogP contribution in [0, 0.1) is 0 Å². The molecule has 1 unspecified atom stereocenters. The Labute approximate surface area is 123 Å². The summed E-state index contributed by atoms with van der Waals surface area (Å²) in [5, 5.41) is 5.44. The summed E-state index contributed by atoms with van der Waals surface area (Å²) >= 11 is 0. The van der Waals surface area contributed by atoms with E-state index in [2.05, 4.69) is 10.6 Å². The number of benzene rings is 1. The van der Waals surface area contributed by atoms with E-state index < -0.39 is 6.04 Å². The van der Waals surface area contributed by atoms with Crippen molar-refractivity contribution in [2.24, 2.45) is 0 Å². The standard InChI is InChI=1S/C15H20N2O4/c1-3-20-10-5-7-13(21-4-2)12(9-10)17-15(19)11-6-8-14(18)16-11/h5,7,9,11H,3-4,6,8H2,1-2H3,(H,16,18)(H,17,19). The summed E-state index contributed by atoms with van der Waals surface area (Å²) in [5.41, 5.74) is 0.550. The van der Waals surface area contributed by atoms with E-state index in [9.17, 15) is 9.59 Å².